The number of carbonyl (C=O) groups is 2. The van der Waals surface area contributed by atoms with Gasteiger partial charge in [-0.1, -0.05) is 18.2 Å². The van der Waals surface area contributed by atoms with E-state index in [1.807, 2.05) is 26.2 Å². The molecule has 1 aromatic carbocycles. The number of likely N-dealkylation sites (tertiary alicyclic amines) is 1. The van der Waals surface area contributed by atoms with Crippen LogP contribution in [0.25, 0.3) is 10.9 Å². The molecule has 2 atom stereocenters. The van der Waals surface area contributed by atoms with Crippen LogP contribution in [-0.2, 0) is 18.4 Å². The van der Waals surface area contributed by atoms with E-state index in [-0.39, 0.29) is 17.9 Å². The van der Waals surface area contributed by atoms with E-state index in [1.165, 1.54) is 15.8 Å². The molecule has 0 radical (unpaired) electrons. The fourth-order valence-electron chi connectivity index (χ4n) is 5.68. The van der Waals surface area contributed by atoms with Crippen molar-refractivity contribution in [3.05, 3.63) is 60.0 Å². The second-order valence-corrected chi connectivity index (χ2v) is 8.33. The molecular weight excluding hydrogens is 366 g/mol. The number of anilines is 1. The highest BCUT2D eigenvalue weighted by atomic mass is 16.2. The van der Waals surface area contributed by atoms with Crippen molar-refractivity contribution in [2.45, 2.75) is 18.0 Å². The van der Waals surface area contributed by atoms with Crippen LogP contribution < -0.4 is 4.90 Å². The third-order valence-electron chi connectivity index (χ3n) is 6.89. The molecule has 146 valence electrons. The van der Waals surface area contributed by atoms with E-state index in [2.05, 4.69) is 26.6 Å². The van der Waals surface area contributed by atoms with Crippen LogP contribution in [0.5, 0.6) is 0 Å². The molecule has 3 aliphatic rings. The Balaban J connectivity index is 1.60. The molecule has 6 rings (SSSR count). The number of amides is 3. The zero-order valence-electron chi connectivity index (χ0n) is 16.4. The Hall–Kier alpha value is -3.19. The molecule has 0 N–H and O–H groups in total. The van der Waals surface area contributed by atoms with Crippen LogP contribution >= 0.6 is 0 Å². The Kier molecular flexibility index (Phi) is 3.14. The minimum absolute atomic E-state index is 0.0551. The van der Waals surface area contributed by atoms with Gasteiger partial charge in [-0.05, 0) is 30.8 Å². The standard InChI is InChI=1S/C22H21N5O2/c1-24-11-16-19-15-7-3-4-8-17(15)25(2)18(19)12-26-21(29)27(14-6-5-9-23-10-14)20(28)22(16,26)13-24/h3-10,16H,11-13H2,1-2H3/t16-,22-/m0/s1. The summed E-state index contributed by atoms with van der Waals surface area (Å²) in [5.74, 6) is -0.191. The summed E-state index contributed by atoms with van der Waals surface area (Å²) in [6.07, 6.45) is 3.23. The summed E-state index contributed by atoms with van der Waals surface area (Å²) in [6, 6.07) is 11.6. The van der Waals surface area contributed by atoms with Gasteiger partial charge in [-0.15, -0.1) is 0 Å². The van der Waals surface area contributed by atoms with Crippen LogP contribution in [-0.4, -0.2) is 57.0 Å². The lowest BCUT2D eigenvalue weighted by molar-refractivity contribution is -0.125. The van der Waals surface area contributed by atoms with Crippen molar-refractivity contribution in [1.82, 2.24) is 19.4 Å². The highest BCUT2D eigenvalue weighted by Gasteiger charge is 2.67. The van der Waals surface area contributed by atoms with E-state index in [4.69, 9.17) is 0 Å². The van der Waals surface area contributed by atoms with Gasteiger partial charge >= 0.3 is 6.03 Å². The number of aryl methyl sites for hydroxylation is 1. The summed E-state index contributed by atoms with van der Waals surface area (Å²) >= 11 is 0. The van der Waals surface area contributed by atoms with E-state index in [0.717, 1.165) is 17.8 Å². The van der Waals surface area contributed by atoms with Crippen molar-refractivity contribution >= 4 is 28.5 Å². The molecule has 5 heterocycles. The van der Waals surface area contributed by atoms with Crippen molar-refractivity contribution in [3.63, 3.8) is 0 Å². The number of hydrogen-bond donors (Lipinski definition) is 0. The molecule has 0 aliphatic carbocycles. The summed E-state index contributed by atoms with van der Waals surface area (Å²) in [6.45, 7) is 1.73. The van der Waals surface area contributed by atoms with Gasteiger partial charge in [0.05, 0.1) is 18.4 Å². The van der Waals surface area contributed by atoms with Gasteiger partial charge in [-0.25, -0.2) is 9.69 Å². The quantitative estimate of drug-likeness (QED) is 0.602. The largest absolute Gasteiger partial charge is 0.346 e. The Morgan fingerprint density at radius 1 is 1.10 bits per heavy atom. The second-order valence-electron chi connectivity index (χ2n) is 8.33. The molecule has 2 saturated heterocycles. The Bertz CT molecular complexity index is 1190. The molecular formula is C22H21N5O2. The van der Waals surface area contributed by atoms with Gasteiger partial charge in [-0.3, -0.25) is 9.78 Å². The van der Waals surface area contributed by atoms with Crippen molar-refractivity contribution in [2.75, 3.05) is 25.0 Å². The molecule has 7 heteroatoms. The van der Waals surface area contributed by atoms with Crippen LogP contribution in [0, 0.1) is 0 Å². The summed E-state index contributed by atoms with van der Waals surface area (Å²) in [4.78, 5) is 36.8. The van der Waals surface area contributed by atoms with E-state index >= 15 is 0 Å². The third-order valence-corrected chi connectivity index (χ3v) is 6.89. The van der Waals surface area contributed by atoms with Gasteiger partial charge in [0.1, 0.15) is 5.54 Å². The number of aromatic nitrogens is 2. The predicted molar refractivity (Wildman–Crippen MR) is 109 cm³/mol. The van der Waals surface area contributed by atoms with Crippen molar-refractivity contribution in [3.8, 4) is 0 Å². The molecule has 2 fully saturated rings. The Labute approximate surface area is 168 Å². The first-order valence-electron chi connectivity index (χ1n) is 9.85. The maximum atomic E-state index is 13.9. The van der Waals surface area contributed by atoms with Crippen LogP contribution in [0.4, 0.5) is 10.5 Å². The molecule has 0 bridgehead atoms. The van der Waals surface area contributed by atoms with Gasteiger partial charge < -0.3 is 14.4 Å². The molecule has 0 unspecified atom stereocenters. The third kappa shape index (κ3) is 1.88. The maximum absolute atomic E-state index is 13.9. The SMILES string of the molecule is CN1C[C@H]2c3c(n(C)c4ccccc34)CN3C(=O)N(c4cccnc4)C(=O)[C@]23C1. The number of imide groups is 1. The molecule has 3 aliphatic heterocycles. The Morgan fingerprint density at radius 2 is 1.93 bits per heavy atom. The van der Waals surface area contributed by atoms with E-state index in [9.17, 15) is 9.59 Å². The number of para-hydroxylation sites is 1. The van der Waals surface area contributed by atoms with Gasteiger partial charge in [0.2, 0.25) is 0 Å². The first-order valence-corrected chi connectivity index (χ1v) is 9.85. The lowest BCUT2D eigenvalue weighted by Crippen LogP contribution is -2.57. The highest BCUT2D eigenvalue weighted by Crippen LogP contribution is 2.52. The van der Waals surface area contributed by atoms with Crippen molar-refractivity contribution < 1.29 is 9.59 Å². The molecule has 29 heavy (non-hydrogen) atoms. The monoisotopic (exact) mass is 387 g/mol. The first kappa shape index (κ1) is 16.7. The average Bonchev–Trinajstić information content (AvgIpc) is 3.30. The number of nitrogens with zero attached hydrogens (tertiary/aromatic N) is 5. The molecule has 0 saturated carbocycles. The number of pyridine rings is 1. The summed E-state index contributed by atoms with van der Waals surface area (Å²) in [7, 11) is 4.08. The normalized spacial score (nSPS) is 26.2. The highest BCUT2D eigenvalue weighted by molar-refractivity contribution is 6.24. The predicted octanol–water partition coefficient (Wildman–Crippen LogP) is 2.32. The van der Waals surface area contributed by atoms with Crippen LogP contribution in [0.3, 0.4) is 0 Å². The van der Waals surface area contributed by atoms with Crippen LogP contribution in [0.1, 0.15) is 17.2 Å². The number of rotatable bonds is 1. The minimum atomic E-state index is -0.862. The van der Waals surface area contributed by atoms with Crippen LogP contribution in [0.2, 0.25) is 0 Å². The van der Waals surface area contributed by atoms with Gasteiger partial charge in [-0.2, -0.15) is 0 Å². The zero-order chi connectivity index (χ0) is 19.9. The molecule has 3 amide bonds. The number of fused-ring (bicyclic) bond motifs is 4. The molecule has 2 aromatic heterocycles. The average molecular weight is 387 g/mol. The smallest absolute Gasteiger partial charge is 0.332 e. The number of carbonyl (C=O) groups excluding carboxylic acids is 2. The second kappa shape index (κ2) is 5.45. The minimum Gasteiger partial charge on any atom is -0.346 e. The maximum Gasteiger partial charge on any atom is 0.332 e. The molecule has 7 nitrogen and oxygen atoms in total. The topological polar surface area (TPSA) is 61.7 Å². The lowest BCUT2D eigenvalue weighted by atomic mass is 9.76. The number of hydrogen-bond acceptors (Lipinski definition) is 4. The van der Waals surface area contributed by atoms with Gasteiger partial charge in [0, 0.05) is 48.8 Å². The number of likely N-dealkylation sites (N-methyl/N-ethyl adjacent to an activating group) is 1. The molecule has 1 spiro atoms. The lowest BCUT2D eigenvalue weighted by Gasteiger charge is -2.40. The van der Waals surface area contributed by atoms with E-state index in [0.29, 0.717) is 18.8 Å². The van der Waals surface area contributed by atoms with Crippen molar-refractivity contribution in [1.29, 1.82) is 0 Å². The Morgan fingerprint density at radius 3 is 2.72 bits per heavy atom. The first-order chi connectivity index (χ1) is 14.0. The van der Waals surface area contributed by atoms with Gasteiger partial charge in [0.25, 0.3) is 5.91 Å². The fraction of sp³-hybridized carbons (Fsp3) is 0.318. The van der Waals surface area contributed by atoms with E-state index in [1.54, 1.807) is 29.4 Å². The summed E-state index contributed by atoms with van der Waals surface area (Å²) in [5.41, 5.74) is 3.16. The summed E-state index contributed by atoms with van der Waals surface area (Å²) in [5, 5.41) is 1.18. The molecule has 3 aromatic rings. The number of urea groups is 1. The van der Waals surface area contributed by atoms with Gasteiger partial charge in [0.15, 0.2) is 0 Å². The number of benzene rings is 1. The fourth-order valence-corrected chi connectivity index (χ4v) is 5.68. The summed E-state index contributed by atoms with van der Waals surface area (Å²) < 4.78 is 2.18. The van der Waals surface area contributed by atoms with Crippen molar-refractivity contribution in [2.24, 2.45) is 7.05 Å². The van der Waals surface area contributed by atoms with Crippen LogP contribution in [0.15, 0.2) is 48.8 Å². The zero-order valence-corrected chi connectivity index (χ0v) is 16.4. The van der Waals surface area contributed by atoms with E-state index < -0.39 is 5.54 Å².